The molecule has 0 bridgehead atoms. The monoisotopic (exact) mass is 458 g/mol. The van der Waals surface area contributed by atoms with Crippen LogP contribution in [0.3, 0.4) is 0 Å². The average Bonchev–Trinajstić information content (AvgIpc) is 2.88. The molecule has 2 amide bonds. The van der Waals surface area contributed by atoms with Crippen LogP contribution in [0.1, 0.15) is 35.6 Å². The predicted octanol–water partition coefficient (Wildman–Crippen LogP) is 4.81. The third-order valence-electron chi connectivity index (χ3n) is 6.33. The Hall–Kier alpha value is -3.80. The van der Waals surface area contributed by atoms with E-state index in [1.54, 1.807) is 19.1 Å². The summed E-state index contributed by atoms with van der Waals surface area (Å²) in [7, 11) is 3.24. The van der Waals surface area contributed by atoms with E-state index in [0.717, 1.165) is 33.9 Å². The van der Waals surface area contributed by atoms with Crippen molar-refractivity contribution in [1.82, 2.24) is 5.32 Å². The maximum absolute atomic E-state index is 13.4. The summed E-state index contributed by atoms with van der Waals surface area (Å²) in [5, 5.41) is 3.08. The van der Waals surface area contributed by atoms with Crippen LogP contribution in [0.2, 0.25) is 0 Å². The van der Waals surface area contributed by atoms with Crippen LogP contribution in [-0.4, -0.2) is 26.0 Å². The fourth-order valence-electron chi connectivity index (χ4n) is 4.42. The Morgan fingerprint density at radius 3 is 2.09 bits per heavy atom. The van der Waals surface area contributed by atoms with Gasteiger partial charge in [-0.05, 0) is 60.9 Å². The number of rotatable bonds is 7. The molecule has 0 aromatic heterocycles. The van der Waals surface area contributed by atoms with Crippen LogP contribution in [-0.2, 0) is 16.1 Å². The molecule has 0 spiro atoms. The van der Waals surface area contributed by atoms with Crippen LogP contribution in [0.4, 0.5) is 5.69 Å². The number of carbonyl (C=O) groups is 2. The average molecular weight is 459 g/mol. The molecule has 176 valence electrons. The lowest BCUT2D eigenvalue weighted by Gasteiger charge is -2.41. The summed E-state index contributed by atoms with van der Waals surface area (Å²) in [5.41, 5.74) is 3.79. The van der Waals surface area contributed by atoms with Gasteiger partial charge in [-0.25, -0.2) is 0 Å². The number of methoxy groups -OCH3 is 2. The van der Waals surface area contributed by atoms with Crippen LogP contribution >= 0.6 is 0 Å². The standard InChI is InChI=1S/C28H30N2O4/c1-19-4-10-22(11-5-19)30-26(31)17-16-25(27(30)21-8-14-24(34-3)15-9-21)28(32)29-18-20-6-12-23(33-2)13-7-20/h4-15,25,27H,16-18H2,1-3H3,(H,29,32)/t25-,27+/m1/s1. The SMILES string of the molecule is COc1ccc(CNC(=O)[C@@H]2CCC(=O)N(c3ccc(C)cc3)[C@H]2c2ccc(OC)cc2)cc1. The quantitative estimate of drug-likeness (QED) is 0.552. The van der Waals surface area contributed by atoms with Crippen LogP contribution in [0, 0.1) is 12.8 Å². The Kier molecular flexibility index (Phi) is 7.16. The summed E-state index contributed by atoms with van der Waals surface area (Å²) in [6.45, 7) is 2.42. The molecule has 1 saturated heterocycles. The fraction of sp³-hybridized carbons (Fsp3) is 0.286. The van der Waals surface area contributed by atoms with Crippen molar-refractivity contribution in [3.63, 3.8) is 0 Å². The van der Waals surface area contributed by atoms with Crippen molar-refractivity contribution in [2.45, 2.75) is 32.4 Å². The van der Waals surface area contributed by atoms with E-state index < -0.39 is 6.04 Å². The maximum Gasteiger partial charge on any atom is 0.227 e. The highest BCUT2D eigenvalue weighted by atomic mass is 16.5. The fourth-order valence-corrected chi connectivity index (χ4v) is 4.42. The van der Waals surface area contributed by atoms with E-state index in [4.69, 9.17) is 9.47 Å². The van der Waals surface area contributed by atoms with E-state index in [9.17, 15) is 9.59 Å². The van der Waals surface area contributed by atoms with Gasteiger partial charge in [-0.3, -0.25) is 9.59 Å². The number of hydrogen-bond donors (Lipinski definition) is 1. The number of anilines is 1. The molecular weight excluding hydrogens is 428 g/mol. The van der Waals surface area contributed by atoms with Crippen LogP contribution in [0.15, 0.2) is 72.8 Å². The predicted molar refractivity (Wildman–Crippen MR) is 132 cm³/mol. The van der Waals surface area contributed by atoms with Crippen molar-refractivity contribution in [2.24, 2.45) is 5.92 Å². The highest BCUT2D eigenvalue weighted by molar-refractivity contribution is 5.97. The lowest BCUT2D eigenvalue weighted by atomic mass is 9.83. The Balaban J connectivity index is 1.63. The van der Waals surface area contributed by atoms with Crippen LogP contribution < -0.4 is 19.7 Å². The molecule has 1 N–H and O–H groups in total. The molecule has 6 nitrogen and oxygen atoms in total. The molecule has 6 heteroatoms. The highest BCUT2D eigenvalue weighted by Crippen LogP contribution is 2.40. The van der Waals surface area contributed by atoms with E-state index >= 15 is 0 Å². The third kappa shape index (κ3) is 5.06. The molecule has 4 rings (SSSR count). The zero-order valence-corrected chi connectivity index (χ0v) is 19.8. The molecule has 2 atom stereocenters. The van der Waals surface area contributed by atoms with Gasteiger partial charge in [0.2, 0.25) is 11.8 Å². The topological polar surface area (TPSA) is 67.9 Å². The molecule has 0 unspecified atom stereocenters. The summed E-state index contributed by atoms with van der Waals surface area (Å²) in [4.78, 5) is 28.4. The zero-order valence-electron chi connectivity index (χ0n) is 19.8. The van der Waals surface area contributed by atoms with Gasteiger partial charge in [-0.2, -0.15) is 0 Å². The Bertz CT molecular complexity index is 1120. The first kappa shape index (κ1) is 23.4. The van der Waals surface area contributed by atoms with E-state index in [-0.39, 0.29) is 17.7 Å². The van der Waals surface area contributed by atoms with Gasteiger partial charge in [0.1, 0.15) is 11.5 Å². The first-order valence-electron chi connectivity index (χ1n) is 11.4. The number of aryl methyl sites for hydroxylation is 1. The van der Waals surface area contributed by atoms with Crippen molar-refractivity contribution in [3.05, 3.63) is 89.5 Å². The molecule has 34 heavy (non-hydrogen) atoms. The lowest BCUT2D eigenvalue weighted by molar-refractivity contribution is -0.129. The summed E-state index contributed by atoms with van der Waals surface area (Å²) in [6, 6.07) is 22.7. The molecule has 1 heterocycles. The third-order valence-corrected chi connectivity index (χ3v) is 6.33. The lowest BCUT2D eigenvalue weighted by Crippen LogP contribution is -2.48. The van der Waals surface area contributed by atoms with Crippen molar-refractivity contribution in [1.29, 1.82) is 0 Å². The molecule has 1 aliphatic rings. The minimum absolute atomic E-state index is 0.0175. The molecule has 3 aromatic carbocycles. The molecule has 1 fully saturated rings. The van der Waals surface area contributed by atoms with Gasteiger partial charge in [-0.1, -0.05) is 42.0 Å². The van der Waals surface area contributed by atoms with E-state index in [0.29, 0.717) is 19.4 Å². The number of carbonyl (C=O) groups excluding carboxylic acids is 2. The number of ether oxygens (including phenoxy) is 2. The number of nitrogens with zero attached hydrogens (tertiary/aromatic N) is 1. The van der Waals surface area contributed by atoms with Gasteiger partial charge < -0.3 is 19.7 Å². The van der Waals surface area contributed by atoms with Crippen molar-refractivity contribution >= 4 is 17.5 Å². The molecule has 0 saturated carbocycles. The van der Waals surface area contributed by atoms with Gasteiger partial charge in [0.05, 0.1) is 26.2 Å². The second-order valence-corrected chi connectivity index (χ2v) is 8.53. The summed E-state index contributed by atoms with van der Waals surface area (Å²) in [5.74, 6) is 1.07. The minimum atomic E-state index is -0.411. The number of benzene rings is 3. The molecule has 1 aliphatic heterocycles. The first-order valence-corrected chi connectivity index (χ1v) is 11.4. The Morgan fingerprint density at radius 2 is 1.50 bits per heavy atom. The number of piperidine rings is 1. The Morgan fingerprint density at radius 1 is 0.912 bits per heavy atom. The van der Waals surface area contributed by atoms with Gasteiger partial charge in [0.25, 0.3) is 0 Å². The largest absolute Gasteiger partial charge is 0.497 e. The minimum Gasteiger partial charge on any atom is -0.497 e. The van der Waals surface area contributed by atoms with Crippen LogP contribution in [0.25, 0.3) is 0 Å². The second-order valence-electron chi connectivity index (χ2n) is 8.53. The first-order chi connectivity index (χ1) is 16.5. The second kappa shape index (κ2) is 10.4. The van der Waals surface area contributed by atoms with Crippen molar-refractivity contribution < 1.29 is 19.1 Å². The molecule has 0 aliphatic carbocycles. The van der Waals surface area contributed by atoms with E-state index in [1.807, 2.05) is 79.7 Å². The summed E-state index contributed by atoms with van der Waals surface area (Å²) >= 11 is 0. The van der Waals surface area contributed by atoms with Gasteiger partial charge in [0.15, 0.2) is 0 Å². The van der Waals surface area contributed by atoms with Crippen LogP contribution in [0.5, 0.6) is 11.5 Å². The van der Waals surface area contributed by atoms with Gasteiger partial charge >= 0.3 is 0 Å². The number of hydrogen-bond acceptors (Lipinski definition) is 4. The molecule has 3 aromatic rings. The van der Waals surface area contributed by atoms with Crippen molar-refractivity contribution in [3.8, 4) is 11.5 Å². The maximum atomic E-state index is 13.4. The van der Waals surface area contributed by atoms with Crippen molar-refractivity contribution in [2.75, 3.05) is 19.1 Å². The normalized spacial score (nSPS) is 17.9. The van der Waals surface area contributed by atoms with E-state index in [2.05, 4.69) is 5.32 Å². The van der Waals surface area contributed by atoms with Gasteiger partial charge in [-0.15, -0.1) is 0 Å². The van der Waals surface area contributed by atoms with E-state index in [1.165, 1.54) is 0 Å². The number of nitrogens with one attached hydrogen (secondary N) is 1. The zero-order chi connectivity index (χ0) is 24.1. The summed E-state index contributed by atoms with van der Waals surface area (Å²) < 4.78 is 10.5. The number of amides is 2. The smallest absolute Gasteiger partial charge is 0.227 e. The van der Waals surface area contributed by atoms with Gasteiger partial charge in [0, 0.05) is 18.7 Å². The molecule has 0 radical (unpaired) electrons. The molecular formula is C28H30N2O4. The summed E-state index contributed by atoms with van der Waals surface area (Å²) in [6.07, 6.45) is 0.813. The highest BCUT2D eigenvalue weighted by Gasteiger charge is 2.41. The Labute approximate surface area is 200 Å².